The van der Waals surface area contributed by atoms with Gasteiger partial charge in [0.15, 0.2) is 31.3 Å². The van der Waals surface area contributed by atoms with Crippen LogP contribution < -0.4 is 10.2 Å². The Balaban J connectivity index is 1.37. The standard InChI is InChI=1S/C39H64O42S7/c1-12-14(3)35(70-18(23(12)65-8)9-66-82(44,45)46)72-24-13(2)15(4)36(76-31(24)34(42)43)73-27-20(11-68-84(50,51)52)71-38(32(81-88(62,63)64)30(27)80-87(59,60)61)77-39(7)21-16(5)37(75-28(22(21)39)33(40)41)74-26-19(10-67-83(47,48)49)69-17(6)25(78-85(53,54)55)29(26)79-86(56,57)58/h12-32,35-38H,9-11H2,1-8H3,(H,40,41)(H,42,43)(H,44,45,46)(H,47,48,49)(H,50,51,52)(H,53,54,55)(H,56,57,58)(H,59,60,61)(H,62,63,64)/p-9/t12?,13?,14?,15?,16?,17-,18?,19?,20?,21-,22+,23+,24+,25?,26-,27-,28?,29?,30+,31?,32?,35-,36-,37-,38+,39?/m1/s1. The maximum Gasteiger partial charge on any atom is 0.218 e. The van der Waals surface area contributed by atoms with E-state index in [9.17, 15) is 111 Å². The molecule has 6 rings (SSSR count). The monoisotopic (exact) mass is 1420 g/mol. The summed E-state index contributed by atoms with van der Waals surface area (Å²) in [5.41, 5.74) is -2.38. The van der Waals surface area contributed by atoms with Crippen LogP contribution in [0.2, 0.25) is 0 Å². The Hall–Kier alpha value is -2.37. The van der Waals surface area contributed by atoms with Gasteiger partial charge < -0.3 is 99.0 Å². The predicted octanol–water partition coefficient (Wildman–Crippen LogP) is -8.64. The van der Waals surface area contributed by atoms with Crippen molar-refractivity contribution in [1.82, 2.24) is 0 Å². The number of carboxylic acids is 2. The fraction of sp³-hybridized carbons (Fsp3) is 0.949. The number of carbonyl (C=O) groups excluding carboxylic acids is 2. The van der Waals surface area contributed by atoms with Crippen molar-refractivity contribution in [3.63, 3.8) is 0 Å². The maximum absolute atomic E-state index is 12.9. The number of rotatable bonds is 28. The van der Waals surface area contributed by atoms with E-state index in [1.165, 1.54) is 27.9 Å². The van der Waals surface area contributed by atoms with Gasteiger partial charge in [-0.3, -0.25) is 29.3 Å². The lowest BCUT2D eigenvalue weighted by molar-refractivity contribution is -0.376. The highest BCUT2D eigenvalue weighted by atomic mass is 32.3. The first kappa shape index (κ1) is 74.7. The fourth-order valence-electron chi connectivity index (χ4n) is 11.4. The third-order valence-corrected chi connectivity index (χ3v) is 18.6. The van der Waals surface area contributed by atoms with Crippen molar-refractivity contribution in [3.8, 4) is 0 Å². The highest BCUT2D eigenvalue weighted by Crippen LogP contribution is 2.64. The van der Waals surface area contributed by atoms with Gasteiger partial charge in [-0.15, -0.1) is 0 Å². The van der Waals surface area contributed by atoms with E-state index in [4.69, 9.17) is 47.4 Å². The zero-order valence-electron chi connectivity index (χ0n) is 46.1. The number of carbonyl (C=O) groups is 2. The highest BCUT2D eigenvalue weighted by molar-refractivity contribution is 7.82. The summed E-state index contributed by atoms with van der Waals surface area (Å²) in [4.78, 5) is 25.8. The number of aliphatic carboxylic acids is 2. The molecule has 6 aliphatic rings. The molecule has 1 aliphatic carbocycles. The largest absolute Gasteiger partial charge is 0.726 e. The summed E-state index contributed by atoms with van der Waals surface area (Å²) >= 11 is 0. The van der Waals surface area contributed by atoms with Gasteiger partial charge in [-0.2, -0.15) is 0 Å². The average Bonchev–Trinajstić information content (AvgIpc) is 1.52. The van der Waals surface area contributed by atoms with E-state index in [1.807, 2.05) is 0 Å². The molecule has 0 N–H and O–H groups in total. The maximum atomic E-state index is 12.9. The molecule has 26 atom stereocenters. The molecule has 42 nitrogen and oxygen atoms in total. The molecule has 0 amide bonds. The van der Waals surface area contributed by atoms with Crippen LogP contribution in [0.15, 0.2) is 0 Å². The minimum Gasteiger partial charge on any atom is -0.726 e. The first-order valence-corrected chi connectivity index (χ1v) is 34.5. The van der Waals surface area contributed by atoms with Crippen molar-refractivity contribution in [2.45, 2.75) is 165 Å². The lowest BCUT2D eigenvalue weighted by atomic mass is 9.82. The van der Waals surface area contributed by atoms with Gasteiger partial charge in [-0.1, -0.05) is 34.6 Å². The van der Waals surface area contributed by atoms with E-state index in [0.717, 1.165) is 20.8 Å². The molecule has 5 saturated heterocycles. The van der Waals surface area contributed by atoms with Crippen molar-refractivity contribution in [1.29, 1.82) is 0 Å². The van der Waals surface area contributed by atoms with E-state index >= 15 is 0 Å². The number of ether oxygens (including phenoxy) is 10. The van der Waals surface area contributed by atoms with Crippen LogP contribution in [-0.4, -0.2) is 246 Å². The van der Waals surface area contributed by atoms with E-state index in [2.05, 4.69) is 29.3 Å². The Morgan fingerprint density at radius 3 is 1.15 bits per heavy atom. The first-order chi connectivity index (χ1) is 39.9. The predicted molar refractivity (Wildman–Crippen MR) is 252 cm³/mol. The van der Waals surface area contributed by atoms with Crippen LogP contribution in [0, 0.1) is 41.4 Å². The van der Waals surface area contributed by atoms with Crippen LogP contribution in [0.3, 0.4) is 0 Å². The molecule has 0 spiro atoms. The summed E-state index contributed by atoms with van der Waals surface area (Å²) in [6, 6.07) is 0. The highest BCUT2D eigenvalue weighted by Gasteiger charge is 2.74. The topological polar surface area (TPSA) is 638 Å². The minimum atomic E-state index is -6.34. The Bertz CT molecular complexity index is 3310. The second-order valence-corrected chi connectivity index (χ2v) is 28.3. The molecule has 88 heavy (non-hydrogen) atoms. The van der Waals surface area contributed by atoms with Gasteiger partial charge >= 0.3 is 0 Å². The van der Waals surface area contributed by atoms with Crippen LogP contribution in [0.4, 0.5) is 0 Å². The van der Waals surface area contributed by atoms with Gasteiger partial charge in [0.1, 0.15) is 61.0 Å². The molecule has 0 radical (unpaired) electrons. The number of hydrogen-bond acceptors (Lipinski definition) is 42. The summed E-state index contributed by atoms with van der Waals surface area (Å²) in [6.45, 7) is 4.41. The first-order valence-electron chi connectivity index (χ1n) is 25.2. The zero-order valence-corrected chi connectivity index (χ0v) is 51.8. The minimum absolute atomic E-state index is 0.621. The lowest BCUT2D eigenvalue weighted by Gasteiger charge is -2.51. The quantitative estimate of drug-likeness (QED) is 0.0518. The number of fused-ring (bicyclic) bond motifs is 1. The molecule has 49 heteroatoms. The van der Waals surface area contributed by atoms with Crippen molar-refractivity contribution in [2.24, 2.45) is 41.4 Å². The molecular formula is C39H55O42S7-9. The smallest absolute Gasteiger partial charge is 0.218 e. The molecule has 14 unspecified atom stereocenters. The Morgan fingerprint density at radius 2 is 0.727 bits per heavy atom. The second-order valence-electron chi connectivity index (χ2n) is 21.1. The third-order valence-electron chi connectivity index (χ3n) is 15.5. The molecule has 514 valence electrons. The van der Waals surface area contributed by atoms with Crippen LogP contribution in [0.5, 0.6) is 0 Å². The van der Waals surface area contributed by atoms with E-state index in [-0.39, 0.29) is 0 Å². The van der Waals surface area contributed by atoms with Crippen molar-refractivity contribution in [2.75, 3.05) is 26.9 Å². The molecule has 6 fully saturated rings. The number of methoxy groups -OCH3 is 1. The Morgan fingerprint density at radius 1 is 0.386 bits per heavy atom. The van der Waals surface area contributed by atoms with Crippen molar-refractivity contribution in [3.05, 3.63) is 0 Å². The van der Waals surface area contributed by atoms with Crippen LogP contribution in [0.25, 0.3) is 0 Å². The van der Waals surface area contributed by atoms with Crippen LogP contribution in [-0.2, 0) is 159 Å². The molecule has 0 aromatic heterocycles. The Labute approximate surface area is 502 Å². The molecule has 1 saturated carbocycles. The SMILES string of the molecule is CO[C@@H]1C(COS(=O)(=O)[O-])O[C@H](O[C@@H]2C(C(=O)[O-])O[C@@H](O[C@@H]3C(COS(=O)(=O)[O-])O[C@@H](OC4(C)[C@@H]5C(C(=O)[O-])O[C@@H](O[C@@H]6C(COS(=O)(=O)[O-])O[C@H](C)C(OS(=O)(=O)[O-])C6OS(=O)(=O)[O-])C(C)[C@H]54)C(OS(=O)(=O)[O-])[C@H]3OS(=O)(=O)[O-])C(C)C2C)C(C)C1C. The number of hydrogen-bond donors (Lipinski definition) is 0. The summed E-state index contributed by atoms with van der Waals surface area (Å²) in [6.07, 6.45) is -40.9. The van der Waals surface area contributed by atoms with Gasteiger partial charge in [0.25, 0.3) is 0 Å². The van der Waals surface area contributed by atoms with Crippen molar-refractivity contribution >= 4 is 84.7 Å². The van der Waals surface area contributed by atoms with Crippen LogP contribution >= 0.6 is 0 Å². The van der Waals surface area contributed by atoms with Gasteiger partial charge in [0.2, 0.25) is 72.8 Å². The Kier molecular flexibility index (Phi) is 23.4. The lowest BCUT2D eigenvalue weighted by Crippen LogP contribution is -2.66. The van der Waals surface area contributed by atoms with Gasteiger partial charge in [-0.25, -0.2) is 58.9 Å². The zero-order chi connectivity index (χ0) is 66.7. The fourth-order valence-corrected chi connectivity index (χ4v) is 14.3. The second kappa shape index (κ2) is 27.5. The molecule has 5 heterocycles. The molecule has 0 bridgehead atoms. The third kappa shape index (κ3) is 19.2. The van der Waals surface area contributed by atoms with Gasteiger partial charge in [-0.05, 0) is 25.7 Å². The molecular weight excluding hydrogens is 1360 g/mol. The van der Waals surface area contributed by atoms with Crippen LogP contribution in [0.1, 0.15) is 48.5 Å². The van der Waals surface area contributed by atoms with E-state index in [0.29, 0.717) is 0 Å². The summed E-state index contributed by atoms with van der Waals surface area (Å²) in [7, 11) is -40.4. The van der Waals surface area contributed by atoms with Crippen molar-refractivity contribution < 1.29 is 187 Å². The summed E-state index contributed by atoms with van der Waals surface area (Å²) < 4.78 is 340. The summed E-state index contributed by atoms with van der Waals surface area (Å²) in [5, 5.41) is 25.8. The molecule has 0 aromatic carbocycles. The number of carboxylic acid groups (broad SMARTS) is 2. The van der Waals surface area contributed by atoms with E-state index in [1.54, 1.807) is 6.92 Å². The van der Waals surface area contributed by atoms with E-state index < -0.39 is 262 Å². The summed E-state index contributed by atoms with van der Waals surface area (Å²) in [5.74, 6) is -13.1. The average molecular weight is 1420 g/mol. The molecule has 0 aromatic rings. The molecule has 5 aliphatic heterocycles. The normalized spacial score (nSPS) is 41.4. The van der Waals surface area contributed by atoms with Gasteiger partial charge in [0.05, 0.1) is 55.7 Å². The van der Waals surface area contributed by atoms with Gasteiger partial charge in [0, 0.05) is 36.7 Å².